The van der Waals surface area contributed by atoms with Crippen molar-refractivity contribution >= 4 is 5.82 Å². The Morgan fingerprint density at radius 2 is 2.12 bits per heavy atom. The van der Waals surface area contributed by atoms with Gasteiger partial charge >= 0.3 is 0 Å². The van der Waals surface area contributed by atoms with E-state index >= 15 is 0 Å². The van der Waals surface area contributed by atoms with Gasteiger partial charge in [0.2, 0.25) is 0 Å². The maximum atomic E-state index is 11.2. The van der Waals surface area contributed by atoms with Gasteiger partial charge in [-0.3, -0.25) is 9.69 Å². The second-order valence-electron chi connectivity index (χ2n) is 4.55. The zero-order valence-corrected chi connectivity index (χ0v) is 10.5. The molecule has 94 valence electrons. The predicted octanol–water partition coefficient (Wildman–Crippen LogP) is 0.690. The molecule has 2 heterocycles. The van der Waals surface area contributed by atoms with Crippen LogP contribution < -0.4 is 10.5 Å². The molecule has 1 atom stereocenters. The smallest absolute Gasteiger partial charge is 0.252 e. The van der Waals surface area contributed by atoms with E-state index in [-0.39, 0.29) is 5.56 Å². The van der Waals surface area contributed by atoms with E-state index in [1.165, 1.54) is 12.7 Å². The van der Waals surface area contributed by atoms with Gasteiger partial charge in [0.15, 0.2) is 0 Å². The van der Waals surface area contributed by atoms with Gasteiger partial charge in [0.05, 0.1) is 6.33 Å². The summed E-state index contributed by atoms with van der Waals surface area (Å²) in [5, 5.41) is 0. The maximum absolute atomic E-state index is 11.2. The number of hydrogen-bond acceptors (Lipinski definition) is 4. The van der Waals surface area contributed by atoms with Crippen LogP contribution in [0.5, 0.6) is 0 Å². The van der Waals surface area contributed by atoms with Crippen LogP contribution in [0, 0.1) is 0 Å². The number of aromatic nitrogens is 2. The van der Waals surface area contributed by atoms with Crippen molar-refractivity contribution in [3.8, 4) is 0 Å². The molecule has 1 N–H and O–H groups in total. The number of hydrogen-bond donors (Lipinski definition) is 1. The van der Waals surface area contributed by atoms with Gasteiger partial charge in [-0.15, -0.1) is 0 Å². The minimum absolute atomic E-state index is 0.0839. The van der Waals surface area contributed by atoms with Crippen LogP contribution in [-0.4, -0.2) is 47.1 Å². The summed E-state index contributed by atoms with van der Waals surface area (Å²) >= 11 is 0. The number of rotatable bonds is 3. The van der Waals surface area contributed by atoms with E-state index in [1.807, 2.05) is 0 Å². The summed E-state index contributed by atoms with van der Waals surface area (Å²) in [7, 11) is 0. The summed E-state index contributed by atoms with van der Waals surface area (Å²) in [6.07, 6.45) is 2.65. The van der Waals surface area contributed by atoms with E-state index < -0.39 is 0 Å². The van der Waals surface area contributed by atoms with E-state index in [0.717, 1.165) is 32.0 Å². The molecule has 0 saturated carbocycles. The topological polar surface area (TPSA) is 52.2 Å². The highest BCUT2D eigenvalue weighted by atomic mass is 16.1. The molecule has 0 bridgehead atoms. The number of nitrogens with one attached hydrogen (secondary N) is 1. The Bertz CT molecular complexity index is 409. The fraction of sp³-hybridized carbons (Fsp3) is 0.667. The second-order valence-corrected chi connectivity index (χ2v) is 4.55. The van der Waals surface area contributed by atoms with Gasteiger partial charge in [-0.05, 0) is 13.3 Å². The standard InChI is InChI=1S/C12H20N4O/c1-3-10(2)15-4-6-16(7-5-15)11-8-12(17)14-9-13-11/h8-10H,3-7H2,1-2H3,(H,13,14,17). The molecule has 0 amide bonds. The fourth-order valence-electron chi connectivity index (χ4n) is 2.18. The van der Waals surface area contributed by atoms with Crippen molar-refractivity contribution in [1.82, 2.24) is 14.9 Å². The number of aromatic amines is 1. The Kier molecular flexibility index (Phi) is 3.78. The summed E-state index contributed by atoms with van der Waals surface area (Å²) in [5.74, 6) is 0.789. The highest BCUT2D eigenvalue weighted by Gasteiger charge is 2.20. The Hall–Kier alpha value is -1.36. The molecule has 1 saturated heterocycles. The van der Waals surface area contributed by atoms with Crippen molar-refractivity contribution < 1.29 is 0 Å². The van der Waals surface area contributed by atoms with Crippen molar-refractivity contribution in [2.45, 2.75) is 26.3 Å². The molecule has 0 radical (unpaired) electrons. The molecule has 0 aromatic carbocycles. The van der Waals surface area contributed by atoms with E-state index in [4.69, 9.17) is 0 Å². The van der Waals surface area contributed by atoms with Crippen LogP contribution in [0.3, 0.4) is 0 Å². The summed E-state index contributed by atoms with van der Waals surface area (Å²) in [6, 6.07) is 2.21. The molecule has 0 spiro atoms. The minimum Gasteiger partial charge on any atom is -0.354 e. The average Bonchev–Trinajstić information content (AvgIpc) is 2.38. The number of nitrogens with zero attached hydrogens (tertiary/aromatic N) is 3. The molecule has 1 aliphatic rings. The van der Waals surface area contributed by atoms with Crippen LogP contribution in [0.4, 0.5) is 5.82 Å². The molecule has 1 fully saturated rings. The van der Waals surface area contributed by atoms with E-state index in [0.29, 0.717) is 6.04 Å². The van der Waals surface area contributed by atoms with Gasteiger partial charge in [0.25, 0.3) is 5.56 Å². The molecule has 17 heavy (non-hydrogen) atoms. The lowest BCUT2D eigenvalue weighted by Gasteiger charge is -2.38. The van der Waals surface area contributed by atoms with Gasteiger partial charge in [-0.1, -0.05) is 6.92 Å². The normalized spacial score (nSPS) is 19.3. The Balaban J connectivity index is 1.97. The average molecular weight is 236 g/mol. The van der Waals surface area contributed by atoms with Gasteiger partial charge in [0.1, 0.15) is 5.82 Å². The van der Waals surface area contributed by atoms with E-state index in [1.54, 1.807) is 6.07 Å². The van der Waals surface area contributed by atoms with E-state index in [9.17, 15) is 4.79 Å². The first-order valence-electron chi connectivity index (χ1n) is 6.24. The maximum Gasteiger partial charge on any atom is 0.252 e. The SMILES string of the molecule is CCC(C)N1CCN(c2cc(=O)[nH]cn2)CC1. The van der Waals surface area contributed by atoms with Crippen LogP contribution in [0.25, 0.3) is 0 Å². The predicted molar refractivity (Wildman–Crippen MR) is 68.4 cm³/mol. The molecule has 5 heteroatoms. The van der Waals surface area contributed by atoms with Crippen molar-refractivity contribution in [1.29, 1.82) is 0 Å². The van der Waals surface area contributed by atoms with Crippen LogP contribution >= 0.6 is 0 Å². The van der Waals surface area contributed by atoms with Crippen LogP contribution in [-0.2, 0) is 0 Å². The minimum atomic E-state index is -0.0839. The first-order chi connectivity index (χ1) is 8.20. The molecular formula is C12H20N4O. The lowest BCUT2D eigenvalue weighted by molar-refractivity contribution is 0.192. The monoisotopic (exact) mass is 236 g/mol. The second kappa shape index (κ2) is 5.31. The molecule has 1 aromatic heterocycles. The number of anilines is 1. The summed E-state index contributed by atoms with van der Waals surface area (Å²) in [6.45, 7) is 8.46. The molecule has 5 nitrogen and oxygen atoms in total. The molecule has 1 aliphatic heterocycles. The van der Waals surface area contributed by atoms with Gasteiger partial charge in [-0.2, -0.15) is 0 Å². The van der Waals surface area contributed by atoms with Crippen LogP contribution in [0.15, 0.2) is 17.2 Å². The number of H-pyrrole nitrogens is 1. The largest absolute Gasteiger partial charge is 0.354 e. The first-order valence-corrected chi connectivity index (χ1v) is 6.24. The van der Waals surface area contributed by atoms with Gasteiger partial charge in [-0.25, -0.2) is 4.98 Å². The molecule has 1 unspecified atom stereocenters. The molecule has 2 rings (SSSR count). The zero-order valence-electron chi connectivity index (χ0n) is 10.5. The van der Waals surface area contributed by atoms with Crippen molar-refractivity contribution in [3.63, 3.8) is 0 Å². The molecule has 0 aliphatic carbocycles. The highest BCUT2D eigenvalue weighted by Crippen LogP contribution is 2.13. The third-order valence-electron chi connectivity index (χ3n) is 3.52. The lowest BCUT2D eigenvalue weighted by atomic mass is 10.2. The van der Waals surface area contributed by atoms with E-state index in [2.05, 4.69) is 33.6 Å². The number of piperazine rings is 1. The van der Waals surface area contributed by atoms with Gasteiger partial charge in [0, 0.05) is 38.3 Å². The molecular weight excluding hydrogens is 216 g/mol. The molecule has 1 aromatic rings. The van der Waals surface area contributed by atoms with Crippen LogP contribution in [0.1, 0.15) is 20.3 Å². The van der Waals surface area contributed by atoms with Crippen LogP contribution in [0.2, 0.25) is 0 Å². The Morgan fingerprint density at radius 3 is 2.71 bits per heavy atom. The highest BCUT2D eigenvalue weighted by molar-refractivity contribution is 5.37. The first kappa shape index (κ1) is 12.1. The zero-order chi connectivity index (χ0) is 12.3. The third kappa shape index (κ3) is 2.85. The van der Waals surface area contributed by atoms with Gasteiger partial charge < -0.3 is 9.88 Å². The van der Waals surface area contributed by atoms with Crippen molar-refractivity contribution in [2.24, 2.45) is 0 Å². The van der Waals surface area contributed by atoms with Crippen molar-refractivity contribution in [3.05, 3.63) is 22.7 Å². The quantitative estimate of drug-likeness (QED) is 0.839. The summed E-state index contributed by atoms with van der Waals surface area (Å²) in [4.78, 5) is 22.6. The third-order valence-corrected chi connectivity index (χ3v) is 3.52. The fourth-order valence-corrected chi connectivity index (χ4v) is 2.18. The van der Waals surface area contributed by atoms with Crippen molar-refractivity contribution in [2.75, 3.05) is 31.1 Å². The Morgan fingerprint density at radius 1 is 1.41 bits per heavy atom. The summed E-state index contributed by atoms with van der Waals surface area (Å²) in [5.41, 5.74) is -0.0839. The lowest BCUT2D eigenvalue weighted by Crippen LogP contribution is -2.49. The Labute approximate surface area is 101 Å². The summed E-state index contributed by atoms with van der Waals surface area (Å²) < 4.78 is 0.